The molecule has 0 atom stereocenters. The first-order valence-corrected chi connectivity index (χ1v) is 7.82. The van der Waals surface area contributed by atoms with E-state index in [1.165, 1.54) is 11.3 Å². The summed E-state index contributed by atoms with van der Waals surface area (Å²) < 4.78 is 0. The highest BCUT2D eigenvalue weighted by atomic mass is 16.4. The van der Waals surface area contributed by atoms with Crippen LogP contribution in [0, 0.1) is 12.3 Å². The van der Waals surface area contributed by atoms with Gasteiger partial charge in [0.1, 0.15) is 0 Å². The highest BCUT2D eigenvalue weighted by Crippen LogP contribution is 2.49. The summed E-state index contributed by atoms with van der Waals surface area (Å²) in [4.78, 5) is 15.8. The lowest BCUT2D eigenvalue weighted by Gasteiger charge is -2.37. The number of piperazine rings is 1. The highest BCUT2D eigenvalue weighted by molar-refractivity contribution is 5.68. The first-order valence-electron chi connectivity index (χ1n) is 7.82. The molecule has 4 nitrogen and oxygen atoms in total. The lowest BCUT2D eigenvalue weighted by atomic mass is 10.0. The molecule has 3 rings (SSSR count). The monoisotopic (exact) mass is 288 g/mol. The Morgan fingerprint density at radius 2 is 1.95 bits per heavy atom. The summed E-state index contributed by atoms with van der Waals surface area (Å²) in [6.07, 6.45) is 2.50. The molecule has 21 heavy (non-hydrogen) atoms. The summed E-state index contributed by atoms with van der Waals surface area (Å²) in [5.41, 5.74) is 2.69. The second-order valence-corrected chi connectivity index (χ2v) is 6.67. The molecule has 1 N–H and O–H groups in total. The van der Waals surface area contributed by atoms with E-state index in [0.29, 0.717) is 6.42 Å². The van der Waals surface area contributed by atoms with E-state index in [-0.39, 0.29) is 5.41 Å². The first kappa shape index (κ1) is 14.4. The number of aliphatic carboxylic acids is 1. The summed E-state index contributed by atoms with van der Waals surface area (Å²) in [6, 6.07) is 8.66. The molecule has 4 heteroatoms. The van der Waals surface area contributed by atoms with Crippen molar-refractivity contribution in [2.45, 2.75) is 26.2 Å². The van der Waals surface area contributed by atoms with Crippen molar-refractivity contribution in [2.24, 2.45) is 5.41 Å². The number of rotatable bonds is 5. The second-order valence-electron chi connectivity index (χ2n) is 6.67. The molecule has 0 bridgehead atoms. The van der Waals surface area contributed by atoms with Gasteiger partial charge in [-0.3, -0.25) is 9.69 Å². The van der Waals surface area contributed by atoms with E-state index in [9.17, 15) is 4.79 Å². The largest absolute Gasteiger partial charge is 0.481 e. The Morgan fingerprint density at radius 1 is 1.24 bits per heavy atom. The fourth-order valence-electron chi connectivity index (χ4n) is 3.35. The van der Waals surface area contributed by atoms with Crippen molar-refractivity contribution >= 4 is 11.7 Å². The molecule has 2 fully saturated rings. The lowest BCUT2D eigenvalue weighted by molar-refractivity contribution is -0.138. The molecule has 1 saturated carbocycles. The molecular weight excluding hydrogens is 264 g/mol. The fraction of sp³-hybridized carbons (Fsp3) is 0.588. The molecule has 2 aliphatic rings. The van der Waals surface area contributed by atoms with Crippen LogP contribution in [0.3, 0.4) is 0 Å². The summed E-state index contributed by atoms with van der Waals surface area (Å²) in [5.74, 6) is -0.647. The molecule has 1 aliphatic carbocycles. The van der Waals surface area contributed by atoms with Gasteiger partial charge in [0.2, 0.25) is 0 Å². The molecule has 0 amide bonds. The maximum Gasteiger partial charge on any atom is 0.303 e. The van der Waals surface area contributed by atoms with Crippen LogP contribution in [0.1, 0.15) is 24.8 Å². The van der Waals surface area contributed by atoms with Crippen molar-refractivity contribution in [3.8, 4) is 0 Å². The Kier molecular flexibility index (Phi) is 3.89. The van der Waals surface area contributed by atoms with Gasteiger partial charge in [0.25, 0.3) is 0 Å². The zero-order valence-electron chi connectivity index (χ0n) is 12.7. The van der Waals surface area contributed by atoms with Gasteiger partial charge in [-0.25, -0.2) is 0 Å². The van der Waals surface area contributed by atoms with Crippen molar-refractivity contribution in [1.29, 1.82) is 0 Å². The normalized spacial score (nSPS) is 21.3. The predicted molar refractivity (Wildman–Crippen MR) is 83.8 cm³/mol. The van der Waals surface area contributed by atoms with E-state index in [1.54, 1.807) is 0 Å². The third kappa shape index (κ3) is 3.56. The van der Waals surface area contributed by atoms with Gasteiger partial charge in [-0.1, -0.05) is 12.1 Å². The Labute approximate surface area is 126 Å². The van der Waals surface area contributed by atoms with Crippen LogP contribution < -0.4 is 4.90 Å². The van der Waals surface area contributed by atoms with Crippen molar-refractivity contribution in [1.82, 2.24) is 4.90 Å². The van der Waals surface area contributed by atoms with Gasteiger partial charge in [-0.05, 0) is 42.9 Å². The van der Waals surface area contributed by atoms with Gasteiger partial charge in [-0.2, -0.15) is 0 Å². The molecule has 1 aromatic rings. The summed E-state index contributed by atoms with van der Waals surface area (Å²) in [5, 5.41) is 9.01. The molecule has 0 radical (unpaired) electrons. The van der Waals surface area contributed by atoms with Crippen molar-refractivity contribution < 1.29 is 9.90 Å². The summed E-state index contributed by atoms with van der Waals surface area (Å²) in [6.45, 7) is 7.23. The van der Waals surface area contributed by atoms with Crippen LogP contribution >= 0.6 is 0 Å². The van der Waals surface area contributed by atoms with Gasteiger partial charge in [0.15, 0.2) is 0 Å². The van der Waals surface area contributed by atoms with Gasteiger partial charge < -0.3 is 10.0 Å². The van der Waals surface area contributed by atoms with E-state index in [1.807, 2.05) is 0 Å². The summed E-state index contributed by atoms with van der Waals surface area (Å²) >= 11 is 0. The van der Waals surface area contributed by atoms with Crippen LogP contribution in [-0.4, -0.2) is 48.7 Å². The predicted octanol–water partition coefficient (Wildman–Crippen LogP) is 2.37. The van der Waals surface area contributed by atoms with Crippen LogP contribution in [0.4, 0.5) is 5.69 Å². The molecule has 0 spiro atoms. The third-order valence-electron chi connectivity index (χ3n) is 4.78. The minimum absolute atomic E-state index is 0.0807. The quantitative estimate of drug-likeness (QED) is 0.903. The van der Waals surface area contributed by atoms with Gasteiger partial charge >= 0.3 is 5.97 Å². The topological polar surface area (TPSA) is 43.8 Å². The number of aryl methyl sites for hydroxylation is 1. The van der Waals surface area contributed by atoms with E-state index in [2.05, 4.69) is 41.0 Å². The van der Waals surface area contributed by atoms with Gasteiger partial charge in [0, 0.05) is 38.4 Å². The first-order chi connectivity index (χ1) is 10.1. The fourth-order valence-corrected chi connectivity index (χ4v) is 3.35. The third-order valence-corrected chi connectivity index (χ3v) is 4.78. The number of hydrogen-bond donors (Lipinski definition) is 1. The minimum atomic E-state index is -0.647. The Morgan fingerprint density at radius 3 is 2.52 bits per heavy atom. The van der Waals surface area contributed by atoms with Crippen LogP contribution in [0.25, 0.3) is 0 Å². The zero-order valence-corrected chi connectivity index (χ0v) is 12.7. The number of hydrogen-bond acceptors (Lipinski definition) is 3. The SMILES string of the molecule is Cc1cccc(N2CCN(CC3(CC(=O)O)CC3)CC2)c1. The number of carbonyl (C=O) groups is 1. The highest BCUT2D eigenvalue weighted by Gasteiger charge is 2.45. The standard InChI is InChI=1S/C17H24N2O2/c1-14-3-2-4-15(11-14)19-9-7-18(8-10-19)13-17(5-6-17)12-16(20)21/h2-4,11H,5-10,12-13H2,1H3,(H,20,21). The van der Waals surface area contributed by atoms with Crippen LogP contribution in [-0.2, 0) is 4.79 Å². The summed E-state index contributed by atoms with van der Waals surface area (Å²) in [7, 11) is 0. The maximum absolute atomic E-state index is 10.9. The van der Waals surface area contributed by atoms with E-state index < -0.39 is 5.97 Å². The van der Waals surface area contributed by atoms with Gasteiger partial charge in [0.05, 0.1) is 6.42 Å². The molecule has 114 valence electrons. The zero-order chi connectivity index (χ0) is 14.9. The number of carboxylic acids is 1. The molecule has 1 heterocycles. The Bertz CT molecular complexity index is 517. The molecule has 1 aromatic carbocycles. The molecule has 0 aromatic heterocycles. The molecule has 1 saturated heterocycles. The number of nitrogens with zero attached hydrogens (tertiary/aromatic N) is 2. The minimum Gasteiger partial charge on any atom is -0.481 e. The second kappa shape index (κ2) is 5.68. The number of carboxylic acid groups (broad SMARTS) is 1. The number of benzene rings is 1. The molecule has 1 aliphatic heterocycles. The van der Waals surface area contributed by atoms with Crippen LogP contribution in [0.2, 0.25) is 0 Å². The average molecular weight is 288 g/mol. The molecule has 0 unspecified atom stereocenters. The van der Waals surface area contributed by atoms with E-state index in [0.717, 1.165) is 45.6 Å². The van der Waals surface area contributed by atoms with Crippen molar-refractivity contribution in [3.63, 3.8) is 0 Å². The van der Waals surface area contributed by atoms with Crippen molar-refractivity contribution in [3.05, 3.63) is 29.8 Å². The molecular formula is C17H24N2O2. The van der Waals surface area contributed by atoms with E-state index >= 15 is 0 Å². The Balaban J connectivity index is 1.52. The van der Waals surface area contributed by atoms with Gasteiger partial charge in [-0.15, -0.1) is 0 Å². The van der Waals surface area contributed by atoms with Crippen LogP contribution in [0.5, 0.6) is 0 Å². The van der Waals surface area contributed by atoms with E-state index in [4.69, 9.17) is 5.11 Å². The van der Waals surface area contributed by atoms with Crippen molar-refractivity contribution in [2.75, 3.05) is 37.6 Å². The Hall–Kier alpha value is -1.55. The van der Waals surface area contributed by atoms with Crippen LogP contribution in [0.15, 0.2) is 24.3 Å². The smallest absolute Gasteiger partial charge is 0.303 e. The maximum atomic E-state index is 10.9. The average Bonchev–Trinajstić information content (AvgIpc) is 3.18. The number of anilines is 1. The lowest BCUT2D eigenvalue weighted by Crippen LogP contribution is -2.48.